The van der Waals surface area contributed by atoms with E-state index in [1.807, 2.05) is 20.8 Å². The molecule has 2 N–H and O–H groups in total. The number of aromatic carboxylic acids is 1. The van der Waals surface area contributed by atoms with Gasteiger partial charge in [-0.05, 0) is 6.42 Å². The van der Waals surface area contributed by atoms with Gasteiger partial charge in [0.1, 0.15) is 5.69 Å². The summed E-state index contributed by atoms with van der Waals surface area (Å²) in [6, 6.07) is 0. The van der Waals surface area contributed by atoms with Crippen LogP contribution in [0.3, 0.4) is 0 Å². The zero-order valence-electron chi connectivity index (χ0n) is 9.74. The average Bonchev–Trinajstić information content (AvgIpc) is 2.69. The minimum Gasteiger partial charge on any atom is -0.476 e. The Bertz CT molecular complexity index is 297. The number of aromatic amines is 1. The largest absolute Gasteiger partial charge is 0.476 e. The van der Waals surface area contributed by atoms with Crippen molar-refractivity contribution in [1.82, 2.24) is 15.4 Å². The summed E-state index contributed by atoms with van der Waals surface area (Å²) in [5.74, 6) is -0.874. The van der Waals surface area contributed by atoms with Crippen molar-refractivity contribution >= 4 is 5.97 Å². The topological polar surface area (TPSA) is 78.9 Å². The van der Waals surface area contributed by atoms with Gasteiger partial charge in [0.05, 0.1) is 0 Å². The number of rotatable bonds is 4. The molecular formula is C10H19N3O2. The van der Waals surface area contributed by atoms with Crippen molar-refractivity contribution in [2.75, 3.05) is 0 Å². The molecule has 1 heterocycles. The third kappa shape index (κ3) is 3.69. The number of nitrogens with one attached hydrogen (secondary N) is 1. The first-order valence-electron chi connectivity index (χ1n) is 5.30. The molecule has 5 heteroatoms. The minimum atomic E-state index is -1.02. The Kier molecular flexibility index (Phi) is 6.33. The number of carboxylic acids is 1. The molecule has 0 radical (unpaired) electrons. The van der Waals surface area contributed by atoms with Crippen LogP contribution in [0, 0.1) is 0 Å². The molecule has 1 unspecified atom stereocenters. The summed E-state index contributed by atoms with van der Waals surface area (Å²) < 4.78 is 0. The van der Waals surface area contributed by atoms with Crippen LogP contribution in [0.1, 0.15) is 62.6 Å². The second-order valence-electron chi connectivity index (χ2n) is 3.05. The van der Waals surface area contributed by atoms with Crippen LogP contribution in [-0.2, 0) is 0 Å². The van der Waals surface area contributed by atoms with Crippen molar-refractivity contribution in [3.63, 3.8) is 0 Å². The molecule has 1 rings (SSSR count). The summed E-state index contributed by atoms with van der Waals surface area (Å²) in [6.07, 6.45) is 1.93. The molecule has 0 aliphatic heterocycles. The van der Waals surface area contributed by atoms with Gasteiger partial charge in [-0.25, -0.2) is 4.79 Å². The zero-order valence-corrected chi connectivity index (χ0v) is 9.74. The number of hydrogen-bond acceptors (Lipinski definition) is 3. The number of nitrogens with zero attached hydrogens (tertiary/aromatic N) is 2. The molecule has 0 saturated carbocycles. The Morgan fingerprint density at radius 2 is 2.07 bits per heavy atom. The smallest absolute Gasteiger partial charge is 0.358 e. The van der Waals surface area contributed by atoms with Crippen LogP contribution >= 0.6 is 0 Å². The molecule has 5 nitrogen and oxygen atoms in total. The molecule has 0 saturated heterocycles. The fourth-order valence-electron chi connectivity index (χ4n) is 1.31. The first kappa shape index (κ1) is 13.6. The number of hydrogen-bond donors (Lipinski definition) is 2. The molecular weight excluding hydrogens is 194 g/mol. The quantitative estimate of drug-likeness (QED) is 0.805. The van der Waals surface area contributed by atoms with E-state index in [0.29, 0.717) is 5.69 Å². The second kappa shape index (κ2) is 6.98. The maximum atomic E-state index is 10.7. The Labute approximate surface area is 89.9 Å². The van der Waals surface area contributed by atoms with Crippen molar-refractivity contribution in [1.29, 1.82) is 0 Å². The summed E-state index contributed by atoms with van der Waals surface area (Å²) in [7, 11) is 0. The molecule has 0 aromatic carbocycles. The number of aromatic nitrogens is 3. The van der Waals surface area contributed by atoms with E-state index < -0.39 is 5.97 Å². The summed E-state index contributed by atoms with van der Waals surface area (Å²) in [5, 5.41) is 18.5. The van der Waals surface area contributed by atoms with Crippen LogP contribution in [0.25, 0.3) is 0 Å². The van der Waals surface area contributed by atoms with Gasteiger partial charge in [0.15, 0.2) is 5.69 Å². The highest BCUT2D eigenvalue weighted by atomic mass is 16.4. The second-order valence-corrected chi connectivity index (χ2v) is 3.05. The summed E-state index contributed by atoms with van der Waals surface area (Å²) in [5.41, 5.74) is 0.593. The van der Waals surface area contributed by atoms with Crippen molar-refractivity contribution in [3.05, 3.63) is 11.4 Å². The van der Waals surface area contributed by atoms with Crippen molar-refractivity contribution in [2.24, 2.45) is 0 Å². The lowest BCUT2D eigenvalue weighted by Crippen LogP contribution is -2.04. The molecule has 0 bridgehead atoms. The van der Waals surface area contributed by atoms with Gasteiger partial charge in [0.2, 0.25) is 0 Å². The molecule has 1 aromatic heterocycles. The van der Waals surface area contributed by atoms with Gasteiger partial charge in [-0.15, -0.1) is 5.10 Å². The molecule has 0 fully saturated rings. The predicted molar refractivity (Wildman–Crippen MR) is 58.0 cm³/mol. The molecule has 0 aliphatic rings. The van der Waals surface area contributed by atoms with E-state index in [0.717, 1.165) is 12.8 Å². The van der Waals surface area contributed by atoms with Crippen LogP contribution in [0.15, 0.2) is 0 Å². The summed E-state index contributed by atoms with van der Waals surface area (Å²) in [6.45, 7) is 8.00. The van der Waals surface area contributed by atoms with Gasteiger partial charge < -0.3 is 5.11 Å². The fraction of sp³-hybridized carbons (Fsp3) is 0.700. The van der Waals surface area contributed by atoms with Gasteiger partial charge in [0, 0.05) is 5.92 Å². The van der Waals surface area contributed by atoms with E-state index in [1.165, 1.54) is 0 Å². The lowest BCUT2D eigenvalue weighted by Gasteiger charge is -2.05. The van der Waals surface area contributed by atoms with Crippen molar-refractivity contribution < 1.29 is 9.90 Å². The highest BCUT2D eigenvalue weighted by Crippen LogP contribution is 2.20. The van der Waals surface area contributed by atoms with E-state index in [1.54, 1.807) is 0 Å². The van der Waals surface area contributed by atoms with Crippen LogP contribution in [0.5, 0.6) is 0 Å². The maximum Gasteiger partial charge on any atom is 0.358 e. The standard InChI is InChI=1S/C8H13N3O2.C2H6/c1-3-4-5(2)6-7(8(12)13)10-11-9-6;1-2/h5H,3-4H2,1-2H3,(H,12,13)(H,9,10,11);1-2H3. The van der Waals surface area contributed by atoms with E-state index in [9.17, 15) is 4.79 Å². The third-order valence-electron chi connectivity index (χ3n) is 1.97. The first-order valence-corrected chi connectivity index (χ1v) is 5.30. The van der Waals surface area contributed by atoms with E-state index in [4.69, 9.17) is 5.11 Å². The van der Waals surface area contributed by atoms with Crippen LogP contribution in [-0.4, -0.2) is 26.5 Å². The van der Waals surface area contributed by atoms with Gasteiger partial charge in [-0.1, -0.05) is 34.1 Å². The number of H-pyrrole nitrogens is 1. The van der Waals surface area contributed by atoms with Crippen molar-refractivity contribution in [3.8, 4) is 0 Å². The Morgan fingerprint density at radius 1 is 1.47 bits per heavy atom. The Morgan fingerprint density at radius 3 is 2.53 bits per heavy atom. The van der Waals surface area contributed by atoms with E-state index >= 15 is 0 Å². The molecule has 86 valence electrons. The highest BCUT2D eigenvalue weighted by Gasteiger charge is 2.19. The highest BCUT2D eigenvalue weighted by molar-refractivity contribution is 5.86. The molecule has 0 amide bonds. The van der Waals surface area contributed by atoms with E-state index in [-0.39, 0.29) is 11.6 Å². The normalized spacial score (nSPS) is 11.5. The SMILES string of the molecule is CC.CCCC(C)c1n[nH]nc1C(=O)O. The molecule has 0 aliphatic carbocycles. The minimum absolute atomic E-state index is 0.0425. The average molecular weight is 213 g/mol. The van der Waals surface area contributed by atoms with Gasteiger partial charge in [-0.2, -0.15) is 10.3 Å². The lowest BCUT2D eigenvalue weighted by molar-refractivity contribution is 0.0688. The monoisotopic (exact) mass is 213 g/mol. The Balaban J connectivity index is 0.000000921. The summed E-state index contributed by atoms with van der Waals surface area (Å²) >= 11 is 0. The van der Waals surface area contributed by atoms with Crippen LogP contribution < -0.4 is 0 Å². The van der Waals surface area contributed by atoms with Crippen molar-refractivity contribution in [2.45, 2.75) is 46.5 Å². The maximum absolute atomic E-state index is 10.7. The fourth-order valence-corrected chi connectivity index (χ4v) is 1.31. The molecule has 15 heavy (non-hydrogen) atoms. The van der Waals surface area contributed by atoms with Gasteiger partial charge >= 0.3 is 5.97 Å². The molecule has 0 spiro atoms. The number of carboxylic acid groups (broad SMARTS) is 1. The van der Waals surface area contributed by atoms with Gasteiger partial charge in [-0.3, -0.25) is 0 Å². The summed E-state index contributed by atoms with van der Waals surface area (Å²) in [4.78, 5) is 10.7. The third-order valence-corrected chi connectivity index (χ3v) is 1.97. The first-order chi connectivity index (χ1) is 7.16. The van der Waals surface area contributed by atoms with E-state index in [2.05, 4.69) is 22.3 Å². The molecule has 1 atom stereocenters. The Hall–Kier alpha value is -1.39. The van der Waals surface area contributed by atoms with Crippen LogP contribution in [0.4, 0.5) is 0 Å². The molecule has 1 aromatic rings. The van der Waals surface area contributed by atoms with Gasteiger partial charge in [0.25, 0.3) is 0 Å². The van der Waals surface area contributed by atoms with Crippen LogP contribution in [0.2, 0.25) is 0 Å². The zero-order chi connectivity index (χ0) is 11.8. The predicted octanol–water partition coefficient (Wildman–Crippen LogP) is 2.43. The number of carbonyl (C=O) groups is 1. The lowest BCUT2D eigenvalue weighted by atomic mass is 10.0.